The number of esters is 1. The van der Waals surface area contributed by atoms with Gasteiger partial charge in [0.1, 0.15) is 16.6 Å². The fraction of sp³-hybridized carbons (Fsp3) is 0.250. The lowest BCUT2D eigenvalue weighted by Crippen LogP contribution is -2.16. The van der Waals surface area contributed by atoms with Crippen molar-refractivity contribution in [1.82, 2.24) is 0 Å². The van der Waals surface area contributed by atoms with Gasteiger partial charge in [-0.15, -0.1) is 11.3 Å². The molecule has 0 fully saturated rings. The van der Waals surface area contributed by atoms with E-state index < -0.39 is 11.9 Å². The second-order valence-electron chi connectivity index (χ2n) is 6.08. The van der Waals surface area contributed by atoms with Crippen LogP contribution in [0.25, 0.3) is 6.08 Å². The number of amides is 1. The topological polar surface area (TPSA) is 79.2 Å². The standard InChI is InChI=1S/C20H17ClN2O3S/c1-26-20(25)17-15-4-2-3-5-16(15)27-19(17)23-18(24)13(11-22)10-12-6-8-14(21)9-7-12/h6-10H,2-5H2,1H3,(H,23,24). The minimum atomic E-state index is -0.559. The number of carbonyl (C=O) groups excluding carboxylic acids is 2. The number of anilines is 1. The Balaban J connectivity index is 1.90. The first kappa shape index (κ1) is 19.2. The van der Waals surface area contributed by atoms with E-state index >= 15 is 0 Å². The van der Waals surface area contributed by atoms with Crippen LogP contribution in [0, 0.1) is 11.3 Å². The van der Waals surface area contributed by atoms with Crippen LogP contribution < -0.4 is 5.32 Å². The summed E-state index contributed by atoms with van der Waals surface area (Å²) >= 11 is 7.24. The largest absolute Gasteiger partial charge is 0.465 e. The normalized spacial score (nSPS) is 13.4. The summed E-state index contributed by atoms with van der Waals surface area (Å²) in [6, 6.07) is 8.72. The van der Waals surface area contributed by atoms with Crippen LogP contribution in [0.5, 0.6) is 0 Å². The molecule has 1 aliphatic carbocycles. The molecule has 0 unspecified atom stereocenters. The second kappa shape index (κ2) is 8.38. The van der Waals surface area contributed by atoms with E-state index in [0.717, 1.165) is 36.1 Å². The summed E-state index contributed by atoms with van der Waals surface area (Å²) in [5, 5.41) is 13.1. The summed E-state index contributed by atoms with van der Waals surface area (Å²) in [7, 11) is 1.32. The van der Waals surface area contributed by atoms with E-state index in [0.29, 0.717) is 21.2 Å². The SMILES string of the molecule is COC(=O)c1c(NC(=O)C(C#N)=Cc2ccc(Cl)cc2)sc2c1CCCC2. The zero-order valence-corrected chi connectivity index (χ0v) is 16.2. The number of hydrogen-bond donors (Lipinski definition) is 1. The number of nitrogens with zero attached hydrogens (tertiary/aromatic N) is 1. The molecule has 1 heterocycles. The monoisotopic (exact) mass is 400 g/mol. The van der Waals surface area contributed by atoms with Gasteiger partial charge in [0.05, 0.1) is 12.7 Å². The third kappa shape index (κ3) is 4.21. The highest BCUT2D eigenvalue weighted by atomic mass is 35.5. The van der Waals surface area contributed by atoms with E-state index in [4.69, 9.17) is 16.3 Å². The molecule has 0 spiro atoms. The van der Waals surface area contributed by atoms with E-state index in [1.807, 2.05) is 6.07 Å². The maximum Gasteiger partial charge on any atom is 0.341 e. The number of aryl methyl sites for hydroxylation is 1. The summed E-state index contributed by atoms with van der Waals surface area (Å²) in [5.41, 5.74) is 1.99. The number of nitrogens with one attached hydrogen (secondary N) is 1. The van der Waals surface area contributed by atoms with Gasteiger partial charge in [0.25, 0.3) is 5.91 Å². The quantitative estimate of drug-likeness (QED) is 0.461. The first-order chi connectivity index (χ1) is 13.0. The van der Waals surface area contributed by atoms with Crippen molar-refractivity contribution in [1.29, 1.82) is 5.26 Å². The van der Waals surface area contributed by atoms with Gasteiger partial charge in [0, 0.05) is 9.90 Å². The molecule has 7 heteroatoms. The predicted octanol–water partition coefficient (Wildman–Crippen LogP) is 4.61. The van der Waals surface area contributed by atoms with Crippen molar-refractivity contribution in [3.8, 4) is 6.07 Å². The van der Waals surface area contributed by atoms with Gasteiger partial charge in [-0.25, -0.2) is 4.79 Å². The summed E-state index contributed by atoms with van der Waals surface area (Å²) in [5.74, 6) is -1.03. The molecule has 0 bridgehead atoms. The van der Waals surface area contributed by atoms with Gasteiger partial charge in [-0.05, 0) is 55.0 Å². The Morgan fingerprint density at radius 1 is 1.26 bits per heavy atom. The van der Waals surface area contributed by atoms with Crippen molar-refractivity contribution in [3.05, 3.63) is 56.4 Å². The highest BCUT2D eigenvalue weighted by Gasteiger charge is 2.27. The number of carbonyl (C=O) groups is 2. The van der Waals surface area contributed by atoms with Gasteiger partial charge in [-0.1, -0.05) is 23.7 Å². The number of hydrogen-bond acceptors (Lipinski definition) is 5. The number of thiophene rings is 1. The third-order valence-electron chi connectivity index (χ3n) is 4.33. The fourth-order valence-corrected chi connectivity index (χ4v) is 4.42. The molecule has 138 valence electrons. The average molecular weight is 401 g/mol. The molecule has 0 atom stereocenters. The van der Waals surface area contributed by atoms with E-state index in [-0.39, 0.29) is 5.57 Å². The van der Waals surface area contributed by atoms with Crippen molar-refractivity contribution < 1.29 is 14.3 Å². The summed E-state index contributed by atoms with van der Waals surface area (Å²) in [6.45, 7) is 0. The molecule has 27 heavy (non-hydrogen) atoms. The Hall–Kier alpha value is -2.62. The molecular formula is C20H17ClN2O3S. The Morgan fingerprint density at radius 2 is 1.96 bits per heavy atom. The Bertz CT molecular complexity index is 955. The van der Waals surface area contributed by atoms with Gasteiger partial charge in [-0.2, -0.15) is 5.26 Å². The Morgan fingerprint density at radius 3 is 2.63 bits per heavy atom. The number of rotatable bonds is 4. The van der Waals surface area contributed by atoms with E-state index in [9.17, 15) is 14.9 Å². The van der Waals surface area contributed by atoms with E-state index in [2.05, 4.69) is 5.32 Å². The smallest absolute Gasteiger partial charge is 0.341 e. The lowest BCUT2D eigenvalue weighted by Gasteiger charge is -2.11. The molecule has 1 aromatic carbocycles. The lowest BCUT2D eigenvalue weighted by molar-refractivity contribution is -0.112. The van der Waals surface area contributed by atoms with Gasteiger partial charge in [0.2, 0.25) is 0 Å². The van der Waals surface area contributed by atoms with Gasteiger partial charge < -0.3 is 10.1 Å². The number of benzene rings is 1. The van der Waals surface area contributed by atoms with Crippen LogP contribution in [0.1, 0.15) is 39.2 Å². The molecule has 3 rings (SSSR count). The first-order valence-corrected chi connectivity index (χ1v) is 9.64. The maximum atomic E-state index is 12.6. The van der Waals surface area contributed by atoms with Crippen molar-refractivity contribution in [2.24, 2.45) is 0 Å². The minimum absolute atomic E-state index is 0.0560. The molecule has 1 aliphatic rings. The number of halogens is 1. The first-order valence-electron chi connectivity index (χ1n) is 8.45. The van der Waals surface area contributed by atoms with Crippen LogP contribution in [0.15, 0.2) is 29.8 Å². The second-order valence-corrected chi connectivity index (χ2v) is 7.62. The summed E-state index contributed by atoms with van der Waals surface area (Å²) in [4.78, 5) is 26.0. The molecule has 1 N–H and O–H groups in total. The molecule has 2 aromatic rings. The van der Waals surface area contributed by atoms with E-state index in [1.165, 1.54) is 24.5 Å². The zero-order valence-electron chi connectivity index (χ0n) is 14.7. The third-order valence-corrected chi connectivity index (χ3v) is 5.79. The van der Waals surface area contributed by atoms with Gasteiger partial charge in [0.15, 0.2) is 0 Å². The molecule has 0 aliphatic heterocycles. The number of fused-ring (bicyclic) bond motifs is 1. The van der Waals surface area contributed by atoms with Crippen LogP contribution in [-0.4, -0.2) is 19.0 Å². The maximum absolute atomic E-state index is 12.6. The van der Waals surface area contributed by atoms with Gasteiger partial charge in [-0.3, -0.25) is 4.79 Å². The van der Waals surface area contributed by atoms with Crippen LogP contribution in [0.2, 0.25) is 5.02 Å². The Kier molecular flexibility index (Phi) is 5.94. The lowest BCUT2D eigenvalue weighted by atomic mass is 9.95. The number of ether oxygens (including phenoxy) is 1. The summed E-state index contributed by atoms with van der Waals surface area (Å²) < 4.78 is 4.90. The number of methoxy groups -OCH3 is 1. The van der Waals surface area contributed by atoms with E-state index in [1.54, 1.807) is 24.3 Å². The van der Waals surface area contributed by atoms with Crippen LogP contribution in [-0.2, 0) is 22.4 Å². The molecule has 1 amide bonds. The molecular weight excluding hydrogens is 384 g/mol. The van der Waals surface area contributed by atoms with Crippen LogP contribution in [0.3, 0.4) is 0 Å². The summed E-state index contributed by atoms with van der Waals surface area (Å²) in [6.07, 6.45) is 5.21. The molecule has 5 nitrogen and oxygen atoms in total. The van der Waals surface area contributed by atoms with Crippen LogP contribution >= 0.6 is 22.9 Å². The molecule has 0 saturated heterocycles. The van der Waals surface area contributed by atoms with Crippen LogP contribution in [0.4, 0.5) is 5.00 Å². The zero-order chi connectivity index (χ0) is 19.4. The average Bonchev–Trinajstić information content (AvgIpc) is 3.04. The highest BCUT2D eigenvalue weighted by molar-refractivity contribution is 7.17. The number of nitriles is 1. The van der Waals surface area contributed by atoms with Gasteiger partial charge >= 0.3 is 5.97 Å². The highest BCUT2D eigenvalue weighted by Crippen LogP contribution is 2.38. The van der Waals surface area contributed by atoms with Crippen molar-refractivity contribution in [3.63, 3.8) is 0 Å². The van der Waals surface area contributed by atoms with Crippen molar-refractivity contribution >= 4 is 45.9 Å². The molecule has 0 saturated carbocycles. The molecule has 1 aromatic heterocycles. The minimum Gasteiger partial charge on any atom is -0.465 e. The fourth-order valence-electron chi connectivity index (χ4n) is 3.02. The van der Waals surface area contributed by atoms with Crippen molar-refractivity contribution in [2.45, 2.75) is 25.7 Å². The van der Waals surface area contributed by atoms with Crippen molar-refractivity contribution in [2.75, 3.05) is 12.4 Å². The Labute approximate surface area is 166 Å². The predicted molar refractivity (Wildman–Crippen MR) is 106 cm³/mol. The molecule has 0 radical (unpaired) electrons.